The summed E-state index contributed by atoms with van der Waals surface area (Å²) in [7, 11) is -3.72. The molecule has 2 heterocycles. The van der Waals surface area contributed by atoms with Crippen LogP contribution in [-0.2, 0) is 21.4 Å². The van der Waals surface area contributed by atoms with E-state index in [9.17, 15) is 18.0 Å². The largest absolute Gasteiger partial charge is 0.476 e. The van der Waals surface area contributed by atoms with Crippen LogP contribution >= 0.6 is 11.3 Å². The molecule has 1 aliphatic heterocycles. The van der Waals surface area contributed by atoms with Gasteiger partial charge in [0, 0.05) is 13.1 Å². The van der Waals surface area contributed by atoms with Crippen molar-refractivity contribution in [1.82, 2.24) is 9.88 Å². The summed E-state index contributed by atoms with van der Waals surface area (Å²) in [5.41, 5.74) is 1.87. The van der Waals surface area contributed by atoms with Gasteiger partial charge in [-0.2, -0.15) is 0 Å². The maximum absolute atomic E-state index is 12.4. The van der Waals surface area contributed by atoms with E-state index in [-0.39, 0.29) is 29.0 Å². The average Bonchev–Trinajstić information content (AvgIpc) is 3.15. The summed E-state index contributed by atoms with van der Waals surface area (Å²) in [5.74, 6) is -1.56. The molecular weight excluding hydrogens is 418 g/mol. The molecule has 0 bridgehead atoms. The van der Waals surface area contributed by atoms with E-state index >= 15 is 0 Å². The van der Waals surface area contributed by atoms with Gasteiger partial charge in [0.25, 0.3) is 0 Å². The van der Waals surface area contributed by atoms with Gasteiger partial charge in [-0.05, 0) is 24.3 Å². The molecule has 0 atom stereocenters. The van der Waals surface area contributed by atoms with Crippen molar-refractivity contribution in [2.45, 2.75) is 19.4 Å². The summed E-state index contributed by atoms with van der Waals surface area (Å²) in [5, 5.41) is 9.03. The molecule has 2 N–H and O–H groups in total. The van der Waals surface area contributed by atoms with Gasteiger partial charge < -0.3 is 14.7 Å². The van der Waals surface area contributed by atoms with Crippen molar-refractivity contribution in [1.29, 1.82) is 0 Å². The van der Waals surface area contributed by atoms with Gasteiger partial charge in [0.2, 0.25) is 10.0 Å². The number of carboxylic acids is 1. The number of sulfonamides is 1. The van der Waals surface area contributed by atoms with Gasteiger partial charge in [0.05, 0.1) is 11.3 Å². The predicted octanol–water partition coefficient (Wildman–Crippen LogP) is 2.63. The van der Waals surface area contributed by atoms with Crippen LogP contribution in [0.5, 0.6) is 0 Å². The first-order valence-corrected chi connectivity index (χ1v) is 11.5. The van der Waals surface area contributed by atoms with Crippen molar-refractivity contribution in [2.75, 3.05) is 23.6 Å². The van der Waals surface area contributed by atoms with Crippen molar-refractivity contribution >= 4 is 38.4 Å². The first-order chi connectivity index (χ1) is 13.8. The number of hydrogen-bond acceptors (Lipinski definition) is 7. The van der Waals surface area contributed by atoms with Crippen LogP contribution in [-0.4, -0.2) is 54.3 Å². The molecule has 29 heavy (non-hydrogen) atoms. The highest BCUT2D eigenvalue weighted by molar-refractivity contribution is 7.92. The number of carbonyl (C=O) groups is 2. The summed E-state index contributed by atoms with van der Waals surface area (Å²) in [6.45, 7) is 1.02. The summed E-state index contributed by atoms with van der Waals surface area (Å²) in [4.78, 5) is 28.5. The molecule has 156 valence electrons. The van der Waals surface area contributed by atoms with Crippen molar-refractivity contribution in [3.05, 3.63) is 47.1 Å². The molecule has 0 saturated carbocycles. The molecule has 1 aliphatic rings. The third-order valence-corrected chi connectivity index (χ3v) is 6.85. The summed E-state index contributed by atoms with van der Waals surface area (Å²) >= 11 is 0.923. The van der Waals surface area contributed by atoms with Crippen LogP contribution in [0.2, 0.25) is 0 Å². The van der Waals surface area contributed by atoms with Crippen LogP contribution in [0.15, 0.2) is 35.8 Å². The fraction of sp³-hybridized carbons (Fsp3) is 0.389. The monoisotopic (exact) mass is 439 g/mol. The number of benzene rings is 1. The molecule has 9 nitrogen and oxygen atoms in total. The second-order valence-electron chi connectivity index (χ2n) is 6.69. The molecule has 0 spiro atoms. The van der Waals surface area contributed by atoms with Gasteiger partial charge in [0.15, 0.2) is 5.69 Å². The third kappa shape index (κ3) is 5.91. The molecule has 1 aromatic heterocycles. The van der Waals surface area contributed by atoms with Crippen molar-refractivity contribution in [2.24, 2.45) is 5.92 Å². The number of thiazole rings is 1. The highest BCUT2D eigenvalue weighted by Crippen LogP contribution is 2.24. The first-order valence-electron chi connectivity index (χ1n) is 8.97. The molecule has 0 aliphatic carbocycles. The van der Waals surface area contributed by atoms with E-state index in [1.165, 1.54) is 5.51 Å². The highest BCUT2D eigenvalue weighted by atomic mass is 32.2. The van der Waals surface area contributed by atoms with E-state index in [1.807, 2.05) is 30.3 Å². The minimum Gasteiger partial charge on any atom is -0.476 e. The summed E-state index contributed by atoms with van der Waals surface area (Å²) in [6, 6.07) is 9.37. The first kappa shape index (κ1) is 21.1. The normalized spacial score (nSPS) is 15.1. The van der Waals surface area contributed by atoms with Crippen LogP contribution in [0, 0.1) is 5.92 Å². The standard InChI is InChI=1S/C18H21N3O6S2/c22-17(23)15-16(28-12-19-15)20-29(25,26)11-14-6-8-21(9-7-14)18(24)27-10-13-4-2-1-3-5-13/h1-5,12,14,20H,6-11H2,(H,22,23). The summed E-state index contributed by atoms with van der Waals surface area (Å²) < 4.78 is 32.4. The Morgan fingerprint density at radius 1 is 1.24 bits per heavy atom. The number of ether oxygens (including phenoxy) is 1. The topological polar surface area (TPSA) is 126 Å². The Labute approximate surface area is 172 Å². The second-order valence-corrected chi connectivity index (χ2v) is 9.31. The Bertz CT molecular complexity index is 953. The Morgan fingerprint density at radius 2 is 1.93 bits per heavy atom. The number of aromatic nitrogens is 1. The van der Waals surface area contributed by atoms with E-state index in [4.69, 9.17) is 9.84 Å². The van der Waals surface area contributed by atoms with Crippen LogP contribution in [0.4, 0.5) is 9.80 Å². The van der Waals surface area contributed by atoms with E-state index in [1.54, 1.807) is 4.90 Å². The zero-order valence-electron chi connectivity index (χ0n) is 15.5. The van der Waals surface area contributed by atoms with E-state index < -0.39 is 22.1 Å². The predicted molar refractivity (Wildman–Crippen MR) is 107 cm³/mol. The van der Waals surface area contributed by atoms with Crippen molar-refractivity contribution in [3.8, 4) is 0 Å². The Hall–Kier alpha value is -2.66. The number of amides is 1. The highest BCUT2D eigenvalue weighted by Gasteiger charge is 2.28. The van der Waals surface area contributed by atoms with Gasteiger partial charge in [-0.15, -0.1) is 11.3 Å². The number of nitrogens with zero attached hydrogens (tertiary/aromatic N) is 2. The number of likely N-dealkylation sites (tertiary alicyclic amines) is 1. The lowest BCUT2D eigenvalue weighted by atomic mass is 9.99. The molecular formula is C18H21N3O6S2. The van der Waals surface area contributed by atoms with Gasteiger partial charge in [-0.3, -0.25) is 4.72 Å². The average molecular weight is 440 g/mol. The van der Waals surface area contributed by atoms with E-state index in [0.29, 0.717) is 25.9 Å². The fourth-order valence-corrected chi connectivity index (χ4v) is 5.56. The maximum atomic E-state index is 12.4. The van der Waals surface area contributed by atoms with E-state index in [0.717, 1.165) is 16.9 Å². The number of anilines is 1. The second kappa shape index (κ2) is 9.23. The number of carbonyl (C=O) groups excluding carboxylic acids is 1. The number of piperidine rings is 1. The summed E-state index contributed by atoms with van der Waals surface area (Å²) in [6.07, 6.45) is 0.634. The van der Waals surface area contributed by atoms with Crippen molar-refractivity contribution in [3.63, 3.8) is 0 Å². The number of nitrogens with one attached hydrogen (secondary N) is 1. The lowest BCUT2D eigenvalue weighted by molar-refractivity contribution is 0.0692. The molecule has 1 amide bonds. The van der Waals surface area contributed by atoms with Crippen LogP contribution in [0.3, 0.4) is 0 Å². The SMILES string of the molecule is O=C(O)c1ncsc1NS(=O)(=O)CC1CCN(C(=O)OCc2ccccc2)CC1. The Balaban J connectivity index is 1.47. The maximum Gasteiger partial charge on any atom is 0.410 e. The van der Waals surface area contributed by atoms with Crippen LogP contribution < -0.4 is 4.72 Å². The van der Waals surface area contributed by atoms with Crippen molar-refractivity contribution < 1.29 is 27.9 Å². The van der Waals surface area contributed by atoms with Crippen LogP contribution in [0.25, 0.3) is 0 Å². The number of rotatable bonds is 7. The Kier molecular flexibility index (Phi) is 6.70. The molecule has 1 saturated heterocycles. The zero-order chi connectivity index (χ0) is 20.9. The smallest absolute Gasteiger partial charge is 0.410 e. The van der Waals surface area contributed by atoms with Gasteiger partial charge >= 0.3 is 12.1 Å². The molecule has 2 aromatic rings. The minimum atomic E-state index is -3.72. The lowest BCUT2D eigenvalue weighted by Gasteiger charge is -2.31. The van der Waals surface area contributed by atoms with Gasteiger partial charge in [-0.25, -0.2) is 23.0 Å². The number of aromatic carboxylic acids is 1. The molecule has 0 radical (unpaired) electrons. The van der Waals surface area contributed by atoms with Crippen LogP contribution in [0.1, 0.15) is 28.9 Å². The Morgan fingerprint density at radius 3 is 2.59 bits per heavy atom. The van der Waals surface area contributed by atoms with E-state index in [2.05, 4.69) is 9.71 Å². The molecule has 11 heteroatoms. The molecule has 0 unspecified atom stereocenters. The molecule has 3 rings (SSSR count). The number of hydrogen-bond donors (Lipinski definition) is 2. The minimum absolute atomic E-state index is 0.000532. The molecule has 1 fully saturated rings. The molecule has 1 aromatic carbocycles. The quantitative estimate of drug-likeness (QED) is 0.679. The number of carboxylic acid groups (broad SMARTS) is 1. The third-order valence-electron chi connectivity index (χ3n) is 4.55. The fourth-order valence-electron chi connectivity index (χ4n) is 3.06. The van der Waals surface area contributed by atoms with Gasteiger partial charge in [0.1, 0.15) is 11.6 Å². The lowest BCUT2D eigenvalue weighted by Crippen LogP contribution is -2.40. The zero-order valence-corrected chi connectivity index (χ0v) is 17.1. The van der Waals surface area contributed by atoms with Gasteiger partial charge in [-0.1, -0.05) is 30.3 Å².